The summed E-state index contributed by atoms with van der Waals surface area (Å²) in [5.74, 6) is -1.10. The van der Waals surface area contributed by atoms with Gasteiger partial charge in [0.2, 0.25) is 5.91 Å². The Hall–Kier alpha value is -1.63. The van der Waals surface area contributed by atoms with Crippen LogP contribution in [0.2, 0.25) is 0 Å². The number of urea groups is 1. The van der Waals surface area contributed by atoms with Gasteiger partial charge in [0, 0.05) is 0 Å². The van der Waals surface area contributed by atoms with Gasteiger partial charge in [0.05, 0.1) is 6.54 Å². The number of imide groups is 1. The molecule has 1 saturated heterocycles. The number of carboxylic acids is 1. The van der Waals surface area contributed by atoms with E-state index in [9.17, 15) is 14.4 Å². The molecule has 1 heterocycles. The van der Waals surface area contributed by atoms with Gasteiger partial charge >= 0.3 is 12.0 Å². The number of carbonyl (C=O) groups is 3. The van der Waals surface area contributed by atoms with Crippen molar-refractivity contribution < 1.29 is 19.5 Å². The lowest BCUT2D eigenvalue weighted by molar-refractivity contribution is -0.139. The molecule has 0 bridgehead atoms. The molecular weight excluding hydrogens is 214 g/mol. The first kappa shape index (κ1) is 14.4. The van der Waals surface area contributed by atoms with Crippen LogP contribution < -0.4 is 16.4 Å². The van der Waals surface area contributed by atoms with Gasteiger partial charge < -0.3 is 16.2 Å². The van der Waals surface area contributed by atoms with E-state index in [0.29, 0.717) is 0 Å². The molecule has 1 aliphatic rings. The minimum atomic E-state index is -0.913. The van der Waals surface area contributed by atoms with E-state index in [1.807, 2.05) is 19.2 Å². The average Bonchev–Trinajstić information content (AvgIpc) is 2.61. The zero-order chi connectivity index (χ0) is 12.7. The normalized spacial score (nSPS) is 17.7. The summed E-state index contributed by atoms with van der Waals surface area (Å²) < 4.78 is 0. The van der Waals surface area contributed by atoms with Gasteiger partial charge in [-0.25, -0.2) is 4.79 Å². The highest BCUT2D eigenvalue weighted by atomic mass is 16.4. The van der Waals surface area contributed by atoms with Gasteiger partial charge in [0.15, 0.2) is 0 Å². The van der Waals surface area contributed by atoms with Gasteiger partial charge in [-0.2, -0.15) is 0 Å². The van der Waals surface area contributed by atoms with Crippen molar-refractivity contribution >= 4 is 17.9 Å². The van der Waals surface area contributed by atoms with Crippen LogP contribution in [0.1, 0.15) is 20.3 Å². The molecule has 0 aromatic rings. The van der Waals surface area contributed by atoms with E-state index in [-0.39, 0.29) is 18.4 Å². The zero-order valence-corrected chi connectivity index (χ0v) is 9.32. The molecule has 3 amide bonds. The van der Waals surface area contributed by atoms with Crippen molar-refractivity contribution in [3.05, 3.63) is 0 Å². The first-order valence-electron chi connectivity index (χ1n) is 4.94. The summed E-state index contributed by atoms with van der Waals surface area (Å²) in [5.41, 5.74) is 5.27. The second-order valence-electron chi connectivity index (χ2n) is 3.48. The predicted molar refractivity (Wildman–Crippen MR) is 56.6 cm³/mol. The minimum absolute atomic E-state index is 0.0718. The summed E-state index contributed by atoms with van der Waals surface area (Å²) in [7, 11) is 0. The molecule has 7 heteroatoms. The largest absolute Gasteiger partial charge is 0.480 e. The van der Waals surface area contributed by atoms with Crippen molar-refractivity contribution in [3.8, 4) is 0 Å². The third kappa shape index (κ3) is 5.30. The Morgan fingerprint density at radius 1 is 1.56 bits per heavy atom. The lowest BCUT2D eigenvalue weighted by Crippen LogP contribution is -2.36. The SMILES string of the molecule is CC[C@@H](C)[C@@H](N)C(=O)O.O=C1CNC(=O)N1. The lowest BCUT2D eigenvalue weighted by Gasteiger charge is -2.11. The Balaban J connectivity index is 0.000000288. The number of nitrogens with one attached hydrogen (secondary N) is 2. The molecule has 0 saturated carbocycles. The predicted octanol–water partition coefficient (Wildman–Crippen LogP) is -0.730. The molecule has 0 aliphatic carbocycles. The minimum Gasteiger partial charge on any atom is -0.480 e. The third-order valence-electron chi connectivity index (χ3n) is 2.20. The Kier molecular flexibility index (Phi) is 6.09. The van der Waals surface area contributed by atoms with Gasteiger partial charge in [0.25, 0.3) is 0 Å². The molecule has 7 nitrogen and oxygen atoms in total. The molecular formula is C9H17N3O4. The number of carboxylic acid groups (broad SMARTS) is 1. The maximum atomic E-state index is 10.2. The highest BCUT2D eigenvalue weighted by molar-refractivity contribution is 6.01. The van der Waals surface area contributed by atoms with E-state index in [1.54, 1.807) is 0 Å². The van der Waals surface area contributed by atoms with E-state index < -0.39 is 18.0 Å². The summed E-state index contributed by atoms with van der Waals surface area (Å²) in [4.78, 5) is 30.2. The standard InChI is InChI=1S/C6H13NO2.C3H4N2O2/c1-3-4(2)5(7)6(8)9;6-2-1-4-3(7)5-2/h4-5H,3,7H2,1-2H3,(H,8,9);1H2,(H2,4,5,6,7)/t4-,5-;/m1./s1. The van der Waals surface area contributed by atoms with Crippen LogP contribution in [0, 0.1) is 5.92 Å². The lowest BCUT2D eigenvalue weighted by atomic mass is 10.0. The summed E-state index contributed by atoms with van der Waals surface area (Å²) in [5, 5.41) is 12.7. The van der Waals surface area contributed by atoms with Crippen molar-refractivity contribution in [3.63, 3.8) is 0 Å². The molecule has 1 rings (SSSR count). The fraction of sp³-hybridized carbons (Fsp3) is 0.667. The molecule has 16 heavy (non-hydrogen) atoms. The van der Waals surface area contributed by atoms with Gasteiger partial charge in [-0.3, -0.25) is 14.9 Å². The quantitative estimate of drug-likeness (QED) is 0.477. The topological polar surface area (TPSA) is 122 Å². The van der Waals surface area contributed by atoms with Crippen LogP contribution in [0.25, 0.3) is 0 Å². The van der Waals surface area contributed by atoms with Crippen LogP contribution in [0.4, 0.5) is 4.79 Å². The van der Waals surface area contributed by atoms with Crippen molar-refractivity contribution in [2.24, 2.45) is 11.7 Å². The van der Waals surface area contributed by atoms with Crippen molar-refractivity contribution in [2.75, 3.05) is 6.54 Å². The van der Waals surface area contributed by atoms with Gasteiger partial charge in [-0.1, -0.05) is 20.3 Å². The van der Waals surface area contributed by atoms with Crippen molar-refractivity contribution in [1.29, 1.82) is 0 Å². The molecule has 2 atom stereocenters. The number of nitrogens with two attached hydrogens (primary N) is 1. The second kappa shape index (κ2) is 6.78. The number of carbonyl (C=O) groups excluding carboxylic acids is 2. The maximum absolute atomic E-state index is 10.2. The molecule has 1 fully saturated rings. The monoisotopic (exact) mass is 231 g/mol. The van der Waals surface area contributed by atoms with Crippen molar-refractivity contribution in [2.45, 2.75) is 26.3 Å². The van der Waals surface area contributed by atoms with Gasteiger partial charge in [-0.15, -0.1) is 0 Å². The number of aliphatic carboxylic acids is 1. The van der Waals surface area contributed by atoms with Crippen LogP contribution in [-0.4, -0.2) is 35.6 Å². The summed E-state index contributed by atoms with van der Waals surface area (Å²) in [6, 6.07) is -1.10. The molecule has 0 unspecified atom stereocenters. The van der Waals surface area contributed by atoms with Crippen LogP contribution >= 0.6 is 0 Å². The fourth-order valence-electron chi connectivity index (χ4n) is 0.873. The first-order chi connectivity index (χ1) is 7.38. The average molecular weight is 231 g/mol. The number of hydrogen-bond donors (Lipinski definition) is 4. The molecule has 0 spiro atoms. The number of amides is 3. The molecule has 0 radical (unpaired) electrons. The maximum Gasteiger partial charge on any atom is 0.321 e. The van der Waals surface area contributed by atoms with Crippen LogP contribution in [0.15, 0.2) is 0 Å². The molecule has 0 aromatic heterocycles. The number of rotatable bonds is 3. The van der Waals surface area contributed by atoms with Crippen LogP contribution in [0.3, 0.4) is 0 Å². The smallest absolute Gasteiger partial charge is 0.321 e. The zero-order valence-electron chi connectivity index (χ0n) is 9.32. The second-order valence-corrected chi connectivity index (χ2v) is 3.48. The molecule has 92 valence electrons. The molecule has 5 N–H and O–H groups in total. The molecule has 1 aliphatic heterocycles. The third-order valence-corrected chi connectivity index (χ3v) is 2.20. The van der Waals surface area contributed by atoms with Crippen molar-refractivity contribution in [1.82, 2.24) is 10.6 Å². The summed E-state index contributed by atoms with van der Waals surface area (Å²) >= 11 is 0. The highest BCUT2D eigenvalue weighted by Gasteiger charge is 2.17. The molecule has 0 aromatic carbocycles. The van der Waals surface area contributed by atoms with Gasteiger partial charge in [0.1, 0.15) is 6.04 Å². The summed E-state index contributed by atoms with van der Waals surface area (Å²) in [6.07, 6.45) is 0.813. The van der Waals surface area contributed by atoms with Crippen LogP contribution in [0.5, 0.6) is 0 Å². The van der Waals surface area contributed by atoms with E-state index >= 15 is 0 Å². The Bertz CT molecular complexity index is 266. The van der Waals surface area contributed by atoms with E-state index in [1.165, 1.54) is 0 Å². The van der Waals surface area contributed by atoms with Gasteiger partial charge in [-0.05, 0) is 5.92 Å². The summed E-state index contributed by atoms with van der Waals surface area (Å²) in [6.45, 7) is 3.88. The fourth-order valence-corrected chi connectivity index (χ4v) is 0.873. The van der Waals surface area contributed by atoms with Crippen LogP contribution in [-0.2, 0) is 9.59 Å². The Morgan fingerprint density at radius 2 is 2.12 bits per heavy atom. The Morgan fingerprint density at radius 3 is 2.25 bits per heavy atom. The van der Waals surface area contributed by atoms with E-state index in [0.717, 1.165) is 6.42 Å². The first-order valence-corrected chi connectivity index (χ1v) is 4.94. The highest BCUT2D eigenvalue weighted by Crippen LogP contribution is 2.04. The van der Waals surface area contributed by atoms with E-state index in [2.05, 4.69) is 5.32 Å². The Labute approximate surface area is 93.4 Å². The van der Waals surface area contributed by atoms with E-state index in [4.69, 9.17) is 10.8 Å². The number of hydrogen-bond acceptors (Lipinski definition) is 4.